The number of hydrogen-bond acceptors (Lipinski definition) is 0. The molecule has 0 bridgehead atoms. The van der Waals surface area contributed by atoms with Crippen LogP contribution in [0.15, 0.2) is 0 Å². The van der Waals surface area contributed by atoms with Gasteiger partial charge in [-0.2, -0.15) is 0 Å². The van der Waals surface area contributed by atoms with Crippen LogP contribution in [0.25, 0.3) is 0 Å². The Morgan fingerprint density at radius 3 is 1.71 bits per heavy atom. The predicted octanol–water partition coefficient (Wildman–Crippen LogP) is 1.16. The molecule has 7 heavy (non-hydrogen) atoms. The lowest BCUT2D eigenvalue weighted by Crippen LogP contribution is -1.98. The quantitative estimate of drug-likeness (QED) is 0.323. The molecule has 0 aliphatic rings. The summed E-state index contributed by atoms with van der Waals surface area (Å²) in [6.45, 7) is 6.21. The molecule has 3 radical (unpaired) electrons. The molecule has 0 aliphatic carbocycles. The van der Waals surface area contributed by atoms with Crippen molar-refractivity contribution in [2.75, 3.05) is 0 Å². The molecule has 0 nitrogen and oxygen atoms in total. The average molecular weight is 109 g/mol. The maximum Gasteiger partial charge on any atom is 0.147 e. The summed E-state index contributed by atoms with van der Waals surface area (Å²) in [4.78, 5) is 0. The third-order valence-corrected chi connectivity index (χ3v) is 0.562. The first kappa shape index (κ1) is 6.78. The second kappa shape index (κ2) is 2.18. The molecule has 0 saturated carbocycles. The van der Waals surface area contributed by atoms with Crippen molar-refractivity contribution < 1.29 is 0 Å². The Morgan fingerprint density at radius 2 is 1.71 bits per heavy atom. The first-order chi connectivity index (χ1) is 3.06. The molecule has 0 unspecified atom stereocenters. The average Bonchev–Trinajstić information content (AvgIpc) is 1.30. The van der Waals surface area contributed by atoms with Crippen molar-refractivity contribution in [3.8, 4) is 11.5 Å². The van der Waals surface area contributed by atoms with Gasteiger partial charge in [-0.3, -0.25) is 0 Å². The van der Waals surface area contributed by atoms with Crippen molar-refractivity contribution >= 4 is 10.2 Å². The van der Waals surface area contributed by atoms with Crippen LogP contribution in [-0.2, 0) is 0 Å². The predicted molar refractivity (Wildman–Crippen MR) is 33.0 cm³/mol. The Hall–Kier alpha value is -0.223. The minimum Gasteiger partial charge on any atom is -0.138 e. The van der Waals surface area contributed by atoms with Crippen molar-refractivity contribution in [2.24, 2.45) is 5.41 Å². The topological polar surface area (TPSA) is 0 Å². The Labute approximate surface area is 48.7 Å². The van der Waals surface area contributed by atoms with Crippen LogP contribution < -0.4 is 0 Å². The van der Waals surface area contributed by atoms with Gasteiger partial charge in [0.1, 0.15) is 10.2 Å². The normalized spacial score (nSPS) is 9.71. The van der Waals surface area contributed by atoms with Gasteiger partial charge in [0.2, 0.25) is 0 Å². The standard InChI is InChI=1S/C6H9Si/c1-6(2,3)4-5-7/h1-3H3. The van der Waals surface area contributed by atoms with Gasteiger partial charge in [-0.1, -0.05) is 0 Å². The molecule has 0 heterocycles. The van der Waals surface area contributed by atoms with Crippen LogP contribution >= 0.6 is 0 Å². The molecule has 0 spiro atoms. The molecule has 0 aromatic carbocycles. The van der Waals surface area contributed by atoms with Gasteiger partial charge in [0.25, 0.3) is 0 Å². The summed E-state index contributed by atoms with van der Waals surface area (Å²) in [6, 6.07) is 0. The summed E-state index contributed by atoms with van der Waals surface area (Å²) in [7, 11) is 3.07. The SMILES string of the molecule is CC(C)(C)C#C[Si]. The van der Waals surface area contributed by atoms with Gasteiger partial charge in [-0.15, -0.1) is 11.5 Å². The maximum atomic E-state index is 3.07. The van der Waals surface area contributed by atoms with Crippen LogP contribution in [0.3, 0.4) is 0 Å². The van der Waals surface area contributed by atoms with E-state index in [0.717, 1.165) is 0 Å². The molecule has 37 valence electrons. The molecule has 0 amide bonds. The van der Waals surface area contributed by atoms with E-state index in [4.69, 9.17) is 0 Å². The maximum absolute atomic E-state index is 3.07. The minimum absolute atomic E-state index is 0.141. The number of rotatable bonds is 0. The number of hydrogen-bond donors (Lipinski definition) is 0. The Balaban J connectivity index is 3.72. The molecular weight excluding hydrogens is 100 g/mol. The first-order valence-electron chi connectivity index (χ1n) is 2.25. The van der Waals surface area contributed by atoms with Crippen molar-refractivity contribution in [3.63, 3.8) is 0 Å². The molecular formula is C6H9Si. The van der Waals surface area contributed by atoms with Crippen LogP contribution in [0, 0.1) is 16.9 Å². The molecule has 0 fully saturated rings. The zero-order valence-corrected chi connectivity index (χ0v) is 6.00. The zero-order chi connectivity index (χ0) is 5.91. The monoisotopic (exact) mass is 109 g/mol. The van der Waals surface area contributed by atoms with Gasteiger partial charge in [0.05, 0.1) is 0 Å². The molecule has 0 aromatic heterocycles. The van der Waals surface area contributed by atoms with E-state index >= 15 is 0 Å². The van der Waals surface area contributed by atoms with Crippen LogP contribution in [0.1, 0.15) is 20.8 Å². The largest absolute Gasteiger partial charge is 0.147 e. The molecule has 0 saturated heterocycles. The lowest BCUT2D eigenvalue weighted by molar-refractivity contribution is 0.571. The summed E-state index contributed by atoms with van der Waals surface area (Å²) in [5.41, 5.74) is 2.80. The van der Waals surface area contributed by atoms with Crippen molar-refractivity contribution in [1.82, 2.24) is 0 Å². The highest BCUT2D eigenvalue weighted by molar-refractivity contribution is 6.22. The van der Waals surface area contributed by atoms with E-state index in [2.05, 4.69) is 42.5 Å². The highest BCUT2D eigenvalue weighted by Crippen LogP contribution is 2.08. The van der Waals surface area contributed by atoms with Gasteiger partial charge in [-0.25, -0.2) is 0 Å². The van der Waals surface area contributed by atoms with Gasteiger partial charge in [-0.05, 0) is 20.8 Å². The fourth-order valence-corrected chi connectivity index (χ4v) is 0.562. The van der Waals surface area contributed by atoms with E-state index in [-0.39, 0.29) is 5.41 Å². The highest BCUT2D eigenvalue weighted by Gasteiger charge is 2.01. The Bertz CT molecular complexity index is 97.6. The zero-order valence-electron chi connectivity index (χ0n) is 5.00. The van der Waals surface area contributed by atoms with E-state index < -0.39 is 0 Å². The van der Waals surface area contributed by atoms with Crippen molar-refractivity contribution in [3.05, 3.63) is 0 Å². The van der Waals surface area contributed by atoms with Crippen LogP contribution in [0.2, 0.25) is 0 Å². The van der Waals surface area contributed by atoms with Crippen LogP contribution in [-0.4, -0.2) is 10.2 Å². The lowest BCUT2D eigenvalue weighted by Gasteiger charge is -2.05. The summed E-state index contributed by atoms with van der Waals surface area (Å²) >= 11 is 0. The molecule has 0 atom stereocenters. The van der Waals surface area contributed by atoms with E-state index in [1.165, 1.54) is 0 Å². The van der Waals surface area contributed by atoms with Gasteiger partial charge in [0, 0.05) is 5.41 Å². The summed E-state index contributed by atoms with van der Waals surface area (Å²) < 4.78 is 0. The third-order valence-electron chi connectivity index (χ3n) is 0.438. The lowest BCUT2D eigenvalue weighted by atomic mass is 9.99. The molecule has 1 heteroatoms. The van der Waals surface area contributed by atoms with Crippen LogP contribution in [0.4, 0.5) is 0 Å². The molecule has 0 N–H and O–H groups in total. The minimum atomic E-state index is 0.141. The van der Waals surface area contributed by atoms with Gasteiger partial charge in [0.15, 0.2) is 0 Å². The van der Waals surface area contributed by atoms with Crippen LogP contribution in [0.5, 0.6) is 0 Å². The van der Waals surface area contributed by atoms with E-state index in [1.54, 1.807) is 0 Å². The fraction of sp³-hybridized carbons (Fsp3) is 0.667. The van der Waals surface area contributed by atoms with E-state index in [0.29, 0.717) is 0 Å². The van der Waals surface area contributed by atoms with Gasteiger partial charge >= 0.3 is 0 Å². The summed E-state index contributed by atoms with van der Waals surface area (Å²) in [5, 5.41) is 0. The van der Waals surface area contributed by atoms with E-state index in [9.17, 15) is 0 Å². The van der Waals surface area contributed by atoms with E-state index in [1.807, 2.05) is 0 Å². The molecule has 0 rings (SSSR count). The Morgan fingerprint density at radius 1 is 1.29 bits per heavy atom. The third kappa shape index (κ3) is 5.78. The Kier molecular flexibility index (Phi) is 2.11. The summed E-state index contributed by atoms with van der Waals surface area (Å²) in [5.74, 6) is 2.95. The molecule has 0 aromatic rings. The smallest absolute Gasteiger partial charge is 0.138 e. The van der Waals surface area contributed by atoms with Crippen molar-refractivity contribution in [2.45, 2.75) is 20.8 Å². The summed E-state index contributed by atoms with van der Waals surface area (Å²) in [6.07, 6.45) is 0. The fourth-order valence-electron chi connectivity index (χ4n) is 0.188. The molecule has 0 aliphatic heterocycles. The van der Waals surface area contributed by atoms with Crippen molar-refractivity contribution in [1.29, 1.82) is 0 Å². The second-order valence-electron chi connectivity index (χ2n) is 2.50. The van der Waals surface area contributed by atoms with Gasteiger partial charge < -0.3 is 0 Å². The second-order valence-corrected chi connectivity index (χ2v) is 2.75. The highest BCUT2D eigenvalue weighted by atomic mass is 28.1. The first-order valence-corrected chi connectivity index (χ1v) is 2.75.